The van der Waals surface area contributed by atoms with Gasteiger partial charge in [-0.3, -0.25) is 14.8 Å². The molecule has 0 saturated carbocycles. The molecule has 1 heterocycles. The van der Waals surface area contributed by atoms with Crippen molar-refractivity contribution in [2.24, 2.45) is 0 Å². The van der Waals surface area contributed by atoms with Crippen LogP contribution in [0, 0.1) is 0 Å². The van der Waals surface area contributed by atoms with Crippen molar-refractivity contribution in [2.75, 3.05) is 0 Å². The lowest BCUT2D eigenvalue weighted by atomic mass is 10.1. The van der Waals surface area contributed by atoms with Crippen molar-refractivity contribution >= 4 is 5.78 Å². The Hall–Kier alpha value is -1.25. The van der Waals surface area contributed by atoms with Crippen LogP contribution in [0.15, 0.2) is 18.6 Å². The first-order valence-electron chi connectivity index (χ1n) is 4.09. The normalized spacial score (nSPS) is 9.75. The Labute approximate surface area is 71.9 Å². The second kappa shape index (κ2) is 4.59. The maximum atomic E-state index is 11.1. The number of carbonyl (C=O) groups is 1. The summed E-state index contributed by atoms with van der Waals surface area (Å²) in [5, 5.41) is 0. The number of hydrogen-bond acceptors (Lipinski definition) is 3. The van der Waals surface area contributed by atoms with E-state index in [2.05, 4.69) is 9.97 Å². The first-order chi connectivity index (χ1) is 5.83. The third-order valence-electron chi connectivity index (χ3n) is 1.52. The highest BCUT2D eigenvalue weighted by Crippen LogP contribution is 1.97. The molecule has 0 radical (unpaired) electrons. The van der Waals surface area contributed by atoms with Gasteiger partial charge in [0, 0.05) is 25.0 Å². The van der Waals surface area contributed by atoms with Gasteiger partial charge in [-0.1, -0.05) is 6.92 Å². The highest BCUT2D eigenvalue weighted by atomic mass is 16.1. The molecule has 12 heavy (non-hydrogen) atoms. The molecule has 3 nitrogen and oxygen atoms in total. The van der Waals surface area contributed by atoms with Gasteiger partial charge >= 0.3 is 0 Å². The molecular weight excluding hydrogens is 152 g/mol. The Bertz CT molecular complexity index is 246. The van der Waals surface area contributed by atoms with E-state index in [1.165, 1.54) is 0 Å². The molecule has 0 unspecified atom stereocenters. The number of hydrogen-bond donors (Lipinski definition) is 0. The van der Waals surface area contributed by atoms with Crippen LogP contribution in [0.4, 0.5) is 0 Å². The summed E-state index contributed by atoms with van der Waals surface area (Å²) in [6.07, 6.45) is 6.80. The quantitative estimate of drug-likeness (QED) is 0.675. The fraction of sp³-hybridized carbons (Fsp3) is 0.444. The van der Waals surface area contributed by atoms with Crippen molar-refractivity contribution in [3.63, 3.8) is 0 Å². The van der Waals surface area contributed by atoms with Crippen LogP contribution >= 0.6 is 0 Å². The summed E-state index contributed by atoms with van der Waals surface area (Å²) in [5.41, 5.74) is 0.760. The monoisotopic (exact) mass is 164 g/mol. The van der Waals surface area contributed by atoms with Gasteiger partial charge in [0.15, 0.2) is 0 Å². The zero-order valence-corrected chi connectivity index (χ0v) is 7.16. The molecule has 1 aromatic heterocycles. The molecule has 0 bridgehead atoms. The number of aromatic nitrogens is 2. The van der Waals surface area contributed by atoms with Gasteiger partial charge in [0.25, 0.3) is 0 Å². The molecular formula is C9H12N2O. The average molecular weight is 164 g/mol. The van der Waals surface area contributed by atoms with Crippen LogP contribution < -0.4 is 0 Å². The van der Waals surface area contributed by atoms with Gasteiger partial charge in [-0.2, -0.15) is 0 Å². The number of nitrogens with zero attached hydrogens (tertiary/aromatic N) is 2. The molecule has 64 valence electrons. The predicted octanol–water partition coefficient (Wildman–Crippen LogP) is 1.39. The number of rotatable bonds is 4. The highest BCUT2D eigenvalue weighted by Gasteiger charge is 2.02. The topological polar surface area (TPSA) is 42.9 Å². The largest absolute Gasteiger partial charge is 0.299 e. The summed E-state index contributed by atoms with van der Waals surface area (Å²) in [6, 6.07) is 0. The van der Waals surface area contributed by atoms with Crippen LogP contribution in [0.3, 0.4) is 0 Å². The van der Waals surface area contributed by atoms with Crippen molar-refractivity contribution in [1.29, 1.82) is 0 Å². The van der Waals surface area contributed by atoms with E-state index >= 15 is 0 Å². The fourth-order valence-electron chi connectivity index (χ4n) is 0.990. The Morgan fingerprint density at radius 1 is 1.50 bits per heavy atom. The Morgan fingerprint density at radius 2 is 2.33 bits per heavy atom. The van der Waals surface area contributed by atoms with Crippen LogP contribution in [0.5, 0.6) is 0 Å². The zero-order chi connectivity index (χ0) is 8.81. The molecule has 0 amide bonds. The summed E-state index contributed by atoms with van der Waals surface area (Å²) < 4.78 is 0. The molecule has 0 aliphatic carbocycles. The average Bonchev–Trinajstić information content (AvgIpc) is 2.06. The second-order valence-electron chi connectivity index (χ2n) is 2.66. The molecule has 1 rings (SSSR count). The maximum Gasteiger partial charge on any atom is 0.138 e. The summed E-state index contributed by atoms with van der Waals surface area (Å²) in [6.45, 7) is 1.99. The van der Waals surface area contributed by atoms with Crippen LogP contribution in [0.25, 0.3) is 0 Å². The molecule has 0 fully saturated rings. The van der Waals surface area contributed by atoms with Gasteiger partial charge in [-0.25, -0.2) is 0 Å². The maximum absolute atomic E-state index is 11.1. The van der Waals surface area contributed by atoms with Crippen LogP contribution in [-0.4, -0.2) is 15.8 Å². The molecule has 0 saturated heterocycles. The zero-order valence-electron chi connectivity index (χ0n) is 7.16. The first-order valence-corrected chi connectivity index (χ1v) is 4.09. The lowest BCUT2D eigenvalue weighted by Crippen LogP contribution is -2.03. The van der Waals surface area contributed by atoms with Gasteiger partial charge in [-0.15, -0.1) is 0 Å². The van der Waals surface area contributed by atoms with E-state index in [9.17, 15) is 4.79 Å². The van der Waals surface area contributed by atoms with Crippen LogP contribution in [0.1, 0.15) is 25.5 Å². The highest BCUT2D eigenvalue weighted by molar-refractivity contribution is 5.80. The van der Waals surface area contributed by atoms with Gasteiger partial charge < -0.3 is 0 Å². The first kappa shape index (κ1) is 8.84. The van der Waals surface area contributed by atoms with E-state index in [1.54, 1.807) is 18.6 Å². The van der Waals surface area contributed by atoms with E-state index in [1.807, 2.05) is 6.92 Å². The van der Waals surface area contributed by atoms with Gasteiger partial charge in [-0.05, 0) is 6.42 Å². The molecule has 1 aromatic rings. The fourth-order valence-corrected chi connectivity index (χ4v) is 0.990. The molecule has 0 aliphatic rings. The third-order valence-corrected chi connectivity index (χ3v) is 1.52. The minimum Gasteiger partial charge on any atom is -0.299 e. The van der Waals surface area contributed by atoms with Crippen molar-refractivity contribution in [3.05, 3.63) is 24.3 Å². The standard InChI is InChI=1S/C9H12N2O/c1-2-3-9(12)6-8-7-10-4-5-11-8/h4-5,7H,2-3,6H2,1H3. The number of carbonyl (C=O) groups excluding carboxylic acids is 1. The lowest BCUT2D eigenvalue weighted by Gasteiger charge is -1.96. The molecule has 0 aromatic carbocycles. The van der Waals surface area contributed by atoms with Gasteiger partial charge in [0.2, 0.25) is 0 Å². The van der Waals surface area contributed by atoms with Crippen molar-refractivity contribution in [1.82, 2.24) is 9.97 Å². The SMILES string of the molecule is CCCC(=O)Cc1cnccn1. The summed E-state index contributed by atoms with van der Waals surface area (Å²) >= 11 is 0. The molecule has 3 heteroatoms. The minimum atomic E-state index is 0.234. The molecule has 0 spiro atoms. The van der Waals surface area contributed by atoms with Gasteiger partial charge in [0.05, 0.1) is 12.1 Å². The van der Waals surface area contributed by atoms with E-state index in [0.29, 0.717) is 12.8 Å². The molecule has 0 atom stereocenters. The summed E-state index contributed by atoms with van der Waals surface area (Å²) in [5.74, 6) is 0.234. The Morgan fingerprint density at radius 3 is 2.92 bits per heavy atom. The van der Waals surface area contributed by atoms with Crippen molar-refractivity contribution in [2.45, 2.75) is 26.2 Å². The van der Waals surface area contributed by atoms with E-state index in [4.69, 9.17) is 0 Å². The van der Waals surface area contributed by atoms with E-state index in [-0.39, 0.29) is 5.78 Å². The smallest absolute Gasteiger partial charge is 0.138 e. The Balaban J connectivity index is 2.47. The molecule has 0 N–H and O–H groups in total. The minimum absolute atomic E-state index is 0.234. The van der Waals surface area contributed by atoms with E-state index < -0.39 is 0 Å². The van der Waals surface area contributed by atoms with Crippen LogP contribution in [-0.2, 0) is 11.2 Å². The number of Topliss-reactive ketones (excluding diaryl/α,β-unsaturated/α-hetero) is 1. The van der Waals surface area contributed by atoms with E-state index in [0.717, 1.165) is 12.1 Å². The van der Waals surface area contributed by atoms with Crippen LogP contribution in [0.2, 0.25) is 0 Å². The van der Waals surface area contributed by atoms with Crippen molar-refractivity contribution in [3.8, 4) is 0 Å². The third kappa shape index (κ3) is 2.78. The van der Waals surface area contributed by atoms with Gasteiger partial charge in [0.1, 0.15) is 5.78 Å². The second-order valence-corrected chi connectivity index (χ2v) is 2.66. The predicted molar refractivity (Wildman–Crippen MR) is 45.7 cm³/mol. The lowest BCUT2D eigenvalue weighted by molar-refractivity contribution is -0.118. The summed E-state index contributed by atoms with van der Waals surface area (Å²) in [4.78, 5) is 19.0. The summed E-state index contributed by atoms with van der Waals surface area (Å²) in [7, 11) is 0. The Kier molecular flexibility index (Phi) is 3.38. The molecule has 0 aliphatic heterocycles. The number of ketones is 1. The van der Waals surface area contributed by atoms with Crippen molar-refractivity contribution < 1.29 is 4.79 Å².